The molecule has 4 N–H and O–H groups in total. The number of aryl methyl sites for hydroxylation is 10. The first-order valence-electron chi connectivity index (χ1n) is 47.8. The molecule has 2 fully saturated rings. The van der Waals surface area contributed by atoms with Crippen molar-refractivity contribution < 1.29 is 19.2 Å². The lowest BCUT2D eigenvalue weighted by atomic mass is 9.99. The highest BCUT2D eigenvalue weighted by molar-refractivity contribution is 7.16. The van der Waals surface area contributed by atoms with Crippen molar-refractivity contribution >= 4 is 138 Å². The number of nitrogens with zero attached hydrogens (tertiary/aromatic N) is 22. The molecule has 738 valence electrons. The Kier molecular flexibility index (Phi) is 32.6. The number of hydrogen-bond acceptors (Lipinski definition) is 25. The van der Waals surface area contributed by atoms with Gasteiger partial charge in [-0.05, 0) is 218 Å². The van der Waals surface area contributed by atoms with Gasteiger partial charge in [0.25, 0.3) is 0 Å². The van der Waals surface area contributed by atoms with Gasteiger partial charge in [-0.3, -0.25) is 67.3 Å². The van der Waals surface area contributed by atoms with Crippen LogP contribution in [0.4, 0.5) is 0 Å². The lowest BCUT2D eigenvalue weighted by molar-refractivity contribution is -0.123. The Morgan fingerprint density at radius 1 is 0.366 bits per heavy atom. The summed E-state index contributed by atoms with van der Waals surface area (Å²) in [5.74, 6) is 6.08. The van der Waals surface area contributed by atoms with E-state index in [9.17, 15) is 19.2 Å². The van der Waals surface area contributed by atoms with Crippen molar-refractivity contribution in [2.45, 2.75) is 152 Å². The molecule has 6 aliphatic heterocycles. The number of fused-ring (bicyclic) bond motifs is 12. The number of likely N-dealkylation sites (N-methyl/N-ethyl adjacent to an activating group) is 2. The third-order valence-electron chi connectivity index (χ3n) is 26.7. The molecule has 2 saturated heterocycles. The molecule has 4 atom stereocenters. The van der Waals surface area contributed by atoms with Crippen LogP contribution in [-0.4, -0.2) is 240 Å². The van der Waals surface area contributed by atoms with E-state index in [1.807, 2.05) is 161 Å². The Hall–Kier alpha value is -11.8. The SMILES string of the molecule is Cc1sc2c(c1C)C(c1ccc(Cl)cc1)=NC(CC(=O)NCCCn1cccc1)c1nnc(C)n1-2.Cc1sc2c(c1C)C(c1ccc(Cl)cc1)=NC(CNC(=O)CCCN1CCN(C)CC1)c1nnc(C)n1-2.Cc1sc2c(c1C)C(c1ccc(Cl)cc1)=NC(CNC(=O)CCc1cccnc1)c1nnc(C)n1-2.Cc1sc2c(c1C)C(c1ccc(Cl)cc1)=NC(CNC(=O)CN1CCN(C)CC1)c1nnc(C)n1-2. The molecule has 16 heterocycles. The largest absolute Gasteiger partial charge is 0.356 e. The number of carbonyl (C=O) groups is 4. The summed E-state index contributed by atoms with van der Waals surface area (Å²) >= 11 is 31.6. The average molecular weight is 2060 g/mol. The topological polar surface area (TPSA) is 319 Å². The minimum atomic E-state index is -0.453. The molecule has 4 amide bonds. The van der Waals surface area contributed by atoms with Gasteiger partial charge in [-0.25, -0.2) is 0 Å². The summed E-state index contributed by atoms with van der Waals surface area (Å²) < 4.78 is 10.5. The summed E-state index contributed by atoms with van der Waals surface area (Å²) in [5, 5.41) is 54.7. The highest BCUT2D eigenvalue weighted by Crippen LogP contribution is 2.45. The molecular formula is C104H116Cl4N26O4S4. The van der Waals surface area contributed by atoms with Crippen molar-refractivity contribution in [3.63, 3.8) is 0 Å². The molecule has 0 aliphatic carbocycles. The zero-order valence-electron chi connectivity index (χ0n) is 82.1. The number of aliphatic imine (C=N–C) groups is 4. The second-order valence-corrected chi connectivity index (χ2v) is 43.1. The van der Waals surface area contributed by atoms with E-state index < -0.39 is 6.04 Å². The van der Waals surface area contributed by atoms with Crippen LogP contribution in [0.2, 0.25) is 20.1 Å². The number of hydrogen-bond donors (Lipinski definition) is 4. The molecular weight excluding hydrogens is 1950 g/mol. The standard InChI is InChI=1S/C27H34ClN7OS.C26H25ClN6OS.C26H27ClN6OS.C25H30ClN7OS/c1-17-18(2)37-27-24(17)25(20-7-9-21(28)10-8-20)30-22(26-32-31-19(3)35(26)27)16-29-23(36)6-5-11-34-14-12-33(4)13-15-34;1-15-16(2)35-26-23(15)24(19-7-9-20(27)10-8-19)30-21(25-32-31-17(3)33(25)26)14-29-22(34)11-6-18-5-4-12-28-13-18;1-16-17(2)35-26-23(16)24(19-7-9-20(27)10-8-19)29-21(25-31-30-18(3)33(25)26)15-22(34)28-11-6-14-32-12-4-5-13-32;1-15-16(2)35-25-22(15)23(18-5-7-19(26)8-6-18)28-20(24-30-29-17(3)33(24)25)13-27-21(34)14-32-11-9-31(4)10-12-32/h7-10,22H,5-6,11-16H2,1-4H3,(H,29,36);4-5,7-10,12-13,21H,6,11,14H2,1-3H3,(H,29,34);4-5,7-10,12-13,21H,6,11,14-15H2,1-3H3,(H,28,34);5-8,20H,9-14H2,1-4H3,(H,27,34). The van der Waals surface area contributed by atoms with Crippen LogP contribution in [-0.2, 0) is 32.1 Å². The van der Waals surface area contributed by atoms with Gasteiger partial charge in [0.15, 0.2) is 23.3 Å². The van der Waals surface area contributed by atoms with Gasteiger partial charge >= 0.3 is 0 Å². The number of nitrogens with one attached hydrogen (secondary N) is 4. The lowest BCUT2D eigenvalue weighted by Crippen LogP contribution is -2.48. The minimum Gasteiger partial charge on any atom is -0.356 e. The number of pyridine rings is 1. The van der Waals surface area contributed by atoms with Gasteiger partial charge in [0, 0.05) is 207 Å². The van der Waals surface area contributed by atoms with E-state index in [1.54, 1.807) is 57.7 Å². The first-order valence-corrected chi connectivity index (χ1v) is 52.6. The van der Waals surface area contributed by atoms with Crippen LogP contribution in [0, 0.1) is 83.1 Å². The molecule has 38 heteroatoms. The number of amides is 4. The molecule has 142 heavy (non-hydrogen) atoms. The molecule has 30 nitrogen and oxygen atoms in total. The Labute approximate surface area is 862 Å². The van der Waals surface area contributed by atoms with Crippen molar-refractivity contribution in [2.75, 3.05) is 106 Å². The molecule has 0 bridgehead atoms. The van der Waals surface area contributed by atoms with Crippen LogP contribution >= 0.6 is 91.8 Å². The Morgan fingerprint density at radius 3 is 1.06 bits per heavy atom. The predicted molar refractivity (Wildman–Crippen MR) is 568 cm³/mol. The number of piperazine rings is 2. The lowest BCUT2D eigenvalue weighted by Gasteiger charge is -2.32. The summed E-state index contributed by atoms with van der Waals surface area (Å²) in [4.78, 5) is 90.3. The third-order valence-corrected chi connectivity index (χ3v) is 32.4. The summed E-state index contributed by atoms with van der Waals surface area (Å²) in [6.45, 7) is 36.8. The van der Waals surface area contributed by atoms with Crippen LogP contribution in [0.15, 0.2) is 166 Å². The van der Waals surface area contributed by atoms with Gasteiger partial charge in [0.05, 0.1) is 35.8 Å². The normalized spacial score (nSPS) is 16.5. The molecule has 0 radical (unpaired) electrons. The number of aromatic nitrogens is 14. The van der Waals surface area contributed by atoms with Gasteiger partial charge in [0.1, 0.15) is 67.5 Å². The van der Waals surface area contributed by atoms with Crippen molar-refractivity contribution in [3.05, 3.63) is 305 Å². The van der Waals surface area contributed by atoms with E-state index in [2.05, 4.69) is 179 Å². The zero-order valence-corrected chi connectivity index (χ0v) is 88.4. The maximum Gasteiger partial charge on any atom is 0.234 e. The molecule has 6 aliphatic rings. The molecule has 0 saturated carbocycles. The Morgan fingerprint density at radius 2 is 0.704 bits per heavy atom. The molecule has 20 rings (SSSR count). The van der Waals surface area contributed by atoms with Crippen molar-refractivity contribution in [1.29, 1.82) is 0 Å². The fraction of sp³-hybridized carbons (Fsp3) is 0.375. The second kappa shape index (κ2) is 45.4. The highest BCUT2D eigenvalue weighted by atomic mass is 35.5. The summed E-state index contributed by atoms with van der Waals surface area (Å²) in [6, 6.07) is 37.3. The molecule has 4 unspecified atom stereocenters. The maximum atomic E-state index is 13.0. The van der Waals surface area contributed by atoms with Crippen molar-refractivity contribution in [2.24, 2.45) is 20.0 Å². The monoisotopic (exact) mass is 2060 g/mol. The quantitative estimate of drug-likeness (QED) is 0.0386. The van der Waals surface area contributed by atoms with Crippen LogP contribution in [0.1, 0.15) is 195 Å². The van der Waals surface area contributed by atoms with E-state index in [0.717, 1.165) is 212 Å². The predicted octanol–water partition coefficient (Wildman–Crippen LogP) is 17.2. The summed E-state index contributed by atoms with van der Waals surface area (Å²) in [6.07, 6.45) is 11.0. The van der Waals surface area contributed by atoms with Gasteiger partial charge in [-0.15, -0.1) is 86.1 Å². The zero-order chi connectivity index (χ0) is 99.8. The number of rotatable bonds is 25. The first-order chi connectivity index (χ1) is 68.5. The highest BCUT2D eigenvalue weighted by Gasteiger charge is 2.38. The van der Waals surface area contributed by atoms with E-state index in [-0.39, 0.29) is 48.2 Å². The fourth-order valence-corrected chi connectivity index (χ4v) is 23.6. The number of benzene rings is 4. The van der Waals surface area contributed by atoms with E-state index in [1.165, 1.54) is 41.8 Å². The smallest absolute Gasteiger partial charge is 0.234 e. The van der Waals surface area contributed by atoms with Crippen LogP contribution in [0.3, 0.4) is 0 Å². The van der Waals surface area contributed by atoms with E-state index in [0.29, 0.717) is 77.9 Å². The van der Waals surface area contributed by atoms with Gasteiger partial charge in [-0.2, -0.15) is 0 Å². The van der Waals surface area contributed by atoms with Crippen LogP contribution in [0.5, 0.6) is 0 Å². The molecule has 14 aromatic rings. The molecule has 10 aromatic heterocycles. The number of halogens is 4. The van der Waals surface area contributed by atoms with Crippen LogP contribution in [0.25, 0.3) is 20.0 Å². The minimum absolute atomic E-state index is 0.00614. The van der Waals surface area contributed by atoms with E-state index >= 15 is 0 Å². The first kappa shape index (κ1) is 102. The Balaban J connectivity index is 0.000000130. The average Bonchev–Trinajstić information content (AvgIpc) is 1.60. The maximum absolute atomic E-state index is 13.0. The van der Waals surface area contributed by atoms with Gasteiger partial charge < -0.3 is 40.5 Å². The summed E-state index contributed by atoms with van der Waals surface area (Å²) in [5.41, 5.74) is 17.5. The second-order valence-electron chi connectivity index (χ2n) is 36.5. The van der Waals surface area contributed by atoms with Crippen molar-refractivity contribution in [1.82, 2.24) is 109 Å². The Bertz CT molecular complexity index is 7030. The van der Waals surface area contributed by atoms with Gasteiger partial charge in [0.2, 0.25) is 23.6 Å². The number of thiophene rings is 4. The number of carbonyl (C=O) groups excluding carboxylic acids is 4. The summed E-state index contributed by atoms with van der Waals surface area (Å²) in [7, 11) is 4.27. The third kappa shape index (κ3) is 23.0. The van der Waals surface area contributed by atoms with Gasteiger partial charge in [-0.1, -0.05) is 101 Å². The fourth-order valence-electron chi connectivity index (χ4n) is 18.2. The van der Waals surface area contributed by atoms with E-state index in [4.69, 9.17) is 66.4 Å². The van der Waals surface area contributed by atoms with Crippen molar-refractivity contribution in [3.8, 4) is 20.0 Å². The molecule has 4 aromatic carbocycles. The van der Waals surface area contributed by atoms with Crippen LogP contribution < -0.4 is 21.3 Å². The molecule has 0 spiro atoms.